The number of hydrogen-bond donors (Lipinski definition) is 0. The van der Waals surface area contributed by atoms with Crippen LogP contribution in [-0.4, -0.2) is 37.4 Å². The Kier molecular flexibility index (Phi) is 5.18. The summed E-state index contributed by atoms with van der Waals surface area (Å²) in [6, 6.07) is 0. The topological polar surface area (TPSA) is 61.8 Å². The van der Waals surface area contributed by atoms with Gasteiger partial charge >= 0.3 is 11.9 Å². The van der Waals surface area contributed by atoms with E-state index >= 15 is 0 Å². The molecule has 3 fully saturated rings. The normalized spacial score (nSPS) is 37.5. The van der Waals surface area contributed by atoms with E-state index in [0.717, 1.165) is 12.8 Å². The van der Waals surface area contributed by atoms with Gasteiger partial charge in [-0.05, 0) is 36.0 Å². The fourth-order valence-corrected chi connectivity index (χ4v) is 6.13. The Hall–Kier alpha value is -1.10. The van der Waals surface area contributed by atoms with Crippen LogP contribution in [0.5, 0.6) is 0 Å². The highest BCUT2D eigenvalue weighted by Gasteiger charge is 2.69. The SMILES string of the molecule is COC(=O)C1C2CC3C(OC(=O)C31)C2OC(C)C(C)(CC(C)(C)C)C(C)(C)C. The summed E-state index contributed by atoms with van der Waals surface area (Å²) in [5, 5.41) is 0. The molecular weight excluding hydrogens is 356 g/mol. The summed E-state index contributed by atoms with van der Waals surface area (Å²) in [7, 11) is 1.39. The van der Waals surface area contributed by atoms with E-state index in [1.807, 2.05) is 0 Å². The summed E-state index contributed by atoms with van der Waals surface area (Å²) in [6.07, 6.45) is 1.34. The number of fused-ring (bicyclic) bond motifs is 1. The minimum atomic E-state index is -0.429. The van der Waals surface area contributed by atoms with Crippen molar-refractivity contribution in [2.24, 2.45) is 39.9 Å². The Labute approximate surface area is 169 Å². The summed E-state index contributed by atoms with van der Waals surface area (Å²) in [5.74, 6) is -1.24. The van der Waals surface area contributed by atoms with E-state index in [9.17, 15) is 9.59 Å². The van der Waals surface area contributed by atoms with Gasteiger partial charge in [0.25, 0.3) is 0 Å². The van der Waals surface area contributed by atoms with Crippen LogP contribution in [0.4, 0.5) is 0 Å². The molecule has 1 saturated heterocycles. The third kappa shape index (κ3) is 3.28. The Morgan fingerprint density at radius 3 is 2.25 bits per heavy atom. The molecule has 2 bridgehead atoms. The van der Waals surface area contributed by atoms with Crippen molar-refractivity contribution >= 4 is 11.9 Å². The van der Waals surface area contributed by atoms with Gasteiger partial charge in [-0.25, -0.2) is 0 Å². The van der Waals surface area contributed by atoms with Crippen LogP contribution in [0, 0.1) is 39.9 Å². The first-order valence-corrected chi connectivity index (χ1v) is 10.6. The van der Waals surface area contributed by atoms with E-state index in [1.165, 1.54) is 7.11 Å². The first-order chi connectivity index (χ1) is 12.7. The molecule has 0 radical (unpaired) electrons. The molecule has 28 heavy (non-hydrogen) atoms. The Bertz CT molecular complexity index is 642. The second kappa shape index (κ2) is 6.72. The first-order valence-electron chi connectivity index (χ1n) is 10.6. The zero-order valence-electron chi connectivity index (χ0n) is 19.0. The van der Waals surface area contributed by atoms with Crippen molar-refractivity contribution in [3.8, 4) is 0 Å². The van der Waals surface area contributed by atoms with Crippen LogP contribution in [0.2, 0.25) is 0 Å². The van der Waals surface area contributed by atoms with Gasteiger partial charge in [0.15, 0.2) is 0 Å². The quantitative estimate of drug-likeness (QED) is 0.653. The molecule has 2 aliphatic carbocycles. The summed E-state index contributed by atoms with van der Waals surface area (Å²) >= 11 is 0. The zero-order chi connectivity index (χ0) is 21.2. The van der Waals surface area contributed by atoms with Gasteiger partial charge in [0.05, 0.1) is 31.2 Å². The highest BCUT2D eigenvalue weighted by molar-refractivity contribution is 5.86. The molecule has 3 aliphatic rings. The van der Waals surface area contributed by atoms with Crippen molar-refractivity contribution in [1.29, 1.82) is 0 Å². The van der Waals surface area contributed by atoms with Crippen molar-refractivity contribution in [3.63, 3.8) is 0 Å². The number of methoxy groups -OCH3 is 1. The molecule has 2 saturated carbocycles. The maximum absolute atomic E-state index is 12.4. The molecule has 0 aromatic heterocycles. The van der Waals surface area contributed by atoms with Crippen LogP contribution in [-0.2, 0) is 23.8 Å². The lowest BCUT2D eigenvalue weighted by Crippen LogP contribution is -2.50. The lowest BCUT2D eigenvalue weighted by atomic mass is 9.59. The minimum absolute atomic E-state index is 0.000190. The number of rotatable bonds is 5. The first kappa shape index (κ1) is 21.6. The fraction of sp³-hybridized carbons (Fsp3) is 0.913. The van der Waals surface area contributed by atoms with Gasteiger partial charge in [0.2, 0.25) is 0 Å². The standard InChI is InChI=1S/C23H38O5/c1-12(23(8,22(5,6)7)11-21(2,3)4)27-17-13-10-14-16(15(13)19(24)26-9)20(25)28-18(14)17/h12-18H,10-11H2,1-9H3. The maximum Gasteiger partial charge on any atom is 0.310 e. The van der Waals surface area contributed by atoms with Crippen molar-refractivity contribution in [2.75, 3.05) is 7.11 Å². The summed E-state index contributed by atoms with van der Waals surface area (Å²) < 4.78 is 17.4. The van der Waals surface area contributed by atoms with Crippen LogP contribution < -0.4 is 0 Å². The van der Waals surface area contributed by atoms with Gasteiger partial charge in [-0.15, -0.1) is 0 Å². The molecule has 160 valence electrons. The van der Waals surface area contributed by atoms with Gasteiger partial charge in [-0.3, -0.25) is 9.59 Å². The van der Waals surface area contributed by atoms with Gasteiger partial charge in [-0.2, -0.15) is 0 Å². The fourth-order valence-electron chi connectivity index (χ4n) is 6.13. The molecule has 3 rings (SSSR count). The molecule has 5 nitrogen and oxygen atoms in total. The smallest absolute Gasteiger partial charge is 0.310 e. The molecule has 5 heteroatoms. The average molecular weight is 395 g/mol. The second-order valence-electron chi connectivity index (χ2n) is 11.7. The average Bonchev–Trinajstić information content (AvgIpc) is 3.14. The predicted octanol–water partition coefficient (Wildman–Crippen LogP) is 4.23. The summed E-state index contributed by atoms with van der Waals surface area (Å²) in [6.45, 7) is 18.0. The van der Waals surface area contributed by atoms with E-state index < -0.39 is 5.92 Å². The number of carbonyl (C=O) groups excluding carboxylic acids is 2. The largest absolute Gasteiger partial charge is 0.469 e. The van der Waals surface area contributed by atoms with E-state index in [2.05, 4.69) is 55.4 Å². The number of ether oxygens (including phenoxy) is 3. The van der Waals surface area contributed by atoms with Crippen LogP contribution in [0.25, 0.3) is 0 Å². The molecule has 0 amide bonds. The zero-order valence-corrected chi connectivity index (χ0v) is 19.0. The number of hydrogen-bond acceptors (Lipinski definition) is 5. The van der Waals surface area contributed by atoms with Crippen molar-refractivity contribution in [3.05, 3.63) is 0 Å². The molecule has 1 heterocycles. The molecular formula is C23H38O5. The molecule has 8 atom stereocenters. The van der Waals surface area contributed by atoms with E-state index in [1.54, 1.807) is 0 Å². The van der Waals surface area contributed by atoms with Crippen LogP contribution in [0.1, 0.15) is 68.2 Å². The predicted molar refractivity (Wildman–Crippen MR) is 106 cm³/mol. The highest BCUT2D eigenvalue weighted by Crippen LogP contribution is 2.60. The Morgan fingerprint density at radius 2 is 1.75 bits per heavy atom. The summed E-state index contributed by atoms with van der Waals surface area (Å²) in [4.78, 5) is 24.8. The molecule has 0 aromatic carbocycles. The van der Waals surface area contributed by atoms with Crippen molar-refractivity contribution < 1.29 is 23.8 Å². The summed E-state index contributed by atoms with van der Waals surface area (Å²) in [5.41, 5.74) is 0.123. The third-order valence-electron chi connectivity index (χ3n) is 7.89. The van der Waals surface area contributed by atoms with Crippen LogP contribution in [0.15, 0.2) is 0 Å². The Morgan fingerprint density at radius 1 is 1.14 bits per heavy atom. The molecule has 0 N–H and O–H groups in total. The van der Waals surface area contributed by atoms with Crippen molar-refractivity contribution in [1.82, 2.24) is 0 Å². The van der Waals surface area contributed by atoms with E-state index in [4.69, 9.17) is 14.2 Å². The Balaban J connectivity index is 1.86. The van der Waals surface area contributed by atoms with Gasteiger partial charge in [0, 0.05) is 11.8 Å². The van der Waals surface area contributed by atoms with Gasteiger partial charge in [0.1, 0.15) is 6.10 Å². The third-order valence-corrected chi connectivity index (χ3v) is 7.89. The van der Waals surface area contributed by atoms with E-state index in [-0.39, 0.29) is 64.2 Å². The van der Waals surface area contributed by atoms with Gasteiger partial charge in [-0.1, -0.05) is 48.5 Å². The van der Waals surface area contributed by atoms with Gasteiger partial charge < -0.3 is 14.2 Å². The lowest BCUT2D eigenvalue weighted by Gasteiger charge is -2.50. The van der Waals surface area contributed by atoms with Crippen molar-refractivity contribution in [2.45, 2.75) is 86.5 Å². The monoisotopic (exact) mass is 394 g/mol. The van der Waals surface area contributed by atoms with Crippen LogP contribution >= 0.6 is 0 Å². The second-order valence-corrected chi connectivity index (χ2v) is 11.7. The molecule has 0 spiro atoms. The minimum Gasteiger partial charge on any atom is -0.469 e. The molecule has 0 aromatic rings. The van der Waals surface area contributed by atoms with E-state index in [0.29, 0.717) is 0 Å². The maximum atomic E-state index is 12.4. The molecule has 8 unspecified atom stereocenters. The lowest BCUT2D eigenvalue weighted by molar-refractivity contribution is -0.172. The van der Waals surface area contributed by atoms with Crippen LogP contribution in [0.3, 0.4) is 0 Å². The highest BCUT2D eigenvalue weighted by atomic mass is 16.6. The molecule has 1 aliphatic heterocycles. The number of carbonyl (C=O) groups is 2. The number of esters is 2.